The highest BCUT2D eigenvalue weighted by Gasteiger charge is 2.14. The predicted molar refractivity (Wildman–Crippen MR) is 113 cm³/mol. The lowest BCUT2D eigenvalue weighted by atomic mass is 10.1. The minimum atomic E-state index is -0.102. The molecule has 146 valence electrons. The van der Waals surface area contributed by atoms with E-state index in [0.717, 1.165) is 36.1 Å². The maximum Gasteiger partial charge on any atom is 0.252 e. The minimum Gasteiger partial charge on any atom is -0.473 e. The fraction of sp³-hybridized carbons (Fsp3) is 0.304. The Hall–Kier alpha value is -2.92. The molecule has 1 amide bonds. The third kappa shape index (κ3) is 5.08. The fourth-order valence-corrected chi connectivity index (χ4v) is 3.11. The van der Waals surface area contributed by atoms with Crippen molar-refractivity contribution in [3.8, 4) is 5.88 Å². The van der Waals surface area contributed by atoms with Gasteiger partial charge in [-0.05, 0) is 24.7 Å². The molecule has 1 heterocycles. The van der Waals surface area contributed by atoms with E-state index in [0.29, 0.717) is 24.6 Å². The first-order valence-electron chi connectivity index (χ1n) is 9.78. The number of nitrogens with one attached hydrogen (secondary N) is 1. The summed E-state index contributed by atoms with van der Waals surface area (Å²) in [6, 6.07) is 19.3. The number of benzene rings is 2. The van der Waals surface area contributed by atoms with Crippen molar-refractivity contribution in [1.29, 1.82) is 0 Å². The molecule has 0 saturated heterocycles. The van der Waals surface area contributed by atoms with Crippen LogP contribution >= 0.6 is 0 Å². The summed E-state index contributed by atoms with van der Waals surface area (Å²) in [7, 11) is 0. The largest absolute Gasteiger partial charge is 0.473 e. The smallest absolute Gasteiger partial charge is 0.252 e. The van der Waals surface area contributed by atoms with E-state index in [2.05, 4.69) is 29.0 Å². The topological polar surface area (TPSA) is 54.5 Å². The van der Waals surface area contributed by atoms with Crippen molar-refractivity contribution < 1.29 is 9.53 Å². The van der Waals surface area contributed by atoms with Crippen molar-refractivity contribution in [2.75, 3.05) is 26.2 Å². The second-order valence-corrected chi connectivity index (χ2v) is 6.58. The van der Waals surface area contributed by atoms with Crippen LogP contribution in [0.4, 0.5) is 0 Å². The van der Waals surface area contributed by atoms with E-state index in [1.54, 1.807) is 6.07 Å². The summed E-state index contributed by atoms with van der Waals surface area (Å²) in [5, 5.41) is 3.86. The van der Waals surface area contributed by atoms with Gasteiger partial charge < -0.3 is 15.0 Å². The summed E-state index contributed by atoms with van der Waals surface area (Å²) in [6.07, 6.45) is 0. The normalized spacial score (nSPS) is 11.0. The summed E-state index contributed by atoms with van der Waals surface area (Å²) >= 11 is 0. The van der Waals surface area contributed by atoms with Crippen LogP contribution in [0.3, 0.4) is 0 Å². The molecule has 0 spiro atoms. The minimum absolute atomic E-state index is 0.102. The third-order valence-electron chi connectivity index (χ3n) is 4.77. The number of hydrogen-bond donors (Lipinski definition) is 1. The molecule has 1 aromatic heterocycles. The van der Waals surface area contributed by atoms with Crippen LogP contribution in [0.2, 0.25) is 0 Å². The summed E-state index contributed by atoms with van der Waals surface area (Å²) in [4.78, 5) is 19.7. The Balaban J connectivity index is 1.77. The Morgan fingerprint density at radius 3 is 2.50 bits per heavy atom. The van der Waals surface area contributed by atoms with E-state index in [1.165, 1.54) is 0 Å². The number of carbonyl (C=O) groups is 1. The maximum absolute atomic E-state index is 12.8. The molecule has 0 fully saturated rings. The third-order valence-corrected chi connectivity index (χ3v) is 4.77. The number of aromatic nitrogens is 1. The molecule has 0 saturated carbocycles. The highest BCUT2D eigenvalue weighted by atomic mass is 16.5. The zero-order valence-corrected chi connectivity index (χ0v) is 16.5. The summed E-state index contributed by atoms with van der Waals surface area (Å²) in [5.74, 6) is 0.353. The van der Waals surface area contributed by atoms with Crippen LogP contribution < -0.4 is 10.1 Å². The molecule has 0 aliphatic heterocycles. The highest BCUT2D eigenvalue weighted by molar-refractivity contribution is 6.06. The van der Waals surface area contributed by atoms with Crippen molar-refractivity contribution in [2.24, 2.45) is 0 Å². The van der Waals surface area contributed by atoms with Crippen molar-refractivity contribution >= 4 is 16.8 Å². The molecule has 5 heteroatoms. The van der Waals surface area contributed by atoms with Crippen LogP contribution in [0, 0.1) is 0 Å². The van der Waals surface area contributed by atoms with Crippen LogP contribution in [0.5, 0.6) is 5.88 Å². The molecular weight excluding hydrogens is 350 g/mol. The Kier molecular flexibility index (Phi) is 6.98. The lowest BCUT2D eigenvalue weighted by molar-refractivity contribution is 0.0950. The first-order chi connectivity index (χ1) is 13.7. The van der Waals surface area contributed by atoms with Gasteiger partial charge in [0, 0.05) is 24.5 Å². The molecule has 0 atom stereocenters. The number of likely N-dealkylation sites (N-methyl/N-ethyl adjacent to an activating group) is 1. The number of pyridine rings is 1. The van der Waals surface area contributed by atoms with E-state index >= 15 is 0 Å². The lowest BCUT2D eigenvalue weighted by Crippen LogP contribution is -2.34. The first-order valence-corrected chi connectivity index (χ1v) is 9.78. The van der Waals surface area contributed by atoms with Crippen LogP contribution in [0.15, 0.2) is 60.7 Å². The Morgan fingerprint density at radius 2 is 1.75 bits per heavy atom. The number of ether oxygens (including phenoxy) is 1. The number of amides is 1. The van der Waals surface area contributed by atoms with Crippen molar-refractivity contribution in [3.63, 3.8) is 0 Å². The number of carbonyl (C=O) groups excluding carboxylic acids is 1. The van der Waals surface area contributed by atoms with Gasteiger partial charge in [-0.1, -0.05) is 62.4 Å². The highest BCUT2D eigenvalue weighted by Crippen LogP contribution is 2.22. The molecule has 0 bridgehead atoms. The summed E-state index contributed by atoms with van der Waals surface area (Å²) in [5.41, 5.74) is 2.40. The van der Waals surface area contributed by atoms with Gasteiger partial charge in [-0.2, -0.15) is 0 Å². The van der Waals surface area contributed by atoms with Crippen LogP contribution in [-0.4, -0.2) is 42.0 Å². The van der Waals surface area contributed by atoms with E-state index < -0.39 is 0 Å². The van der Waals surface area contributed by atoms with Gasteiger partial charge in [0.2, 0.25) is 5.88 Å². The summed E-state index contributed by atoms with van der Waals surface area (Å²) in [6.45, 7) is 8.05. The molecular formula is C23H27N3O2. The van der Waals surface area contributed by atoms with Crippen LogP contribution in [0.25, 0.3) is 10.9 Å². The molecule has 3 rings (SSSR count). The van der Waals surface area contributed by atoms with E-state index in [9.17, 15) is 4.79 Å². The molecule has 0 aliphatic carbocycles. The Labute approximate surface area is 166 Å². The van der Waals surface area contributed by atoms with Crippen molar-refractivity contribution in [1.82, 2.24) is 15.2 Å². The van der Waals surface area contributed by atoms with Gasteiger partial charge in [-0.25, -0.2) is 4.98 Å². The van der Waals surface area contributed by atoms with Crippen molar-refractivity contribution in [3.05, 3.63) is 71.8 Å². The van der Waals surface area contributed by atoms with E-state index in [1.807, 2.05) is 54.6 Å². The SMILES string of the molecule is CCN(CC)CCNC(=O)c1cc(OCc2ccccc2)nc2ccccc12. The Bertz CT molecular complexity index is 908. The second-order valence-electron chi connectivity index (χ2n) is 6.58. The van der Waals surface area contributed by atoms with E-state index in [-0.39, 0.29) is 5.91 Å². The molecule has 28 heavy (non-hydrogen) atoms. The van der Waals surface area contributed by atoms with Crippen molar-refractivity contribution in [2.45, 2.75) is 20.5 Å². The number of hydrogen-bond acceptors (Lipinski definition) is 4. The molecule has 0 unspecified atom stereocenters. The quantitative estimate of drug-likeness (QED) is 0.615. The van der Waals surface area contributed by atoms with Gasteiger partial charge in [0.15, 0.2) is 0 Å². The van der Waals surface area contributed by atoms with Gasteiger partial charge in [0.1, 0.15) is 6.61 Å². The second kappa shape index (κ2) is 9.85. The summed E-state index contributed by atoms with van der Waals surface area (Å²) < 4.78 is 5.87. The van der Waals surface area contributed by atoms with Gasteiger partial charge in [-0.3, -0.25) is 4.79 Å². The van der Waals surface area contributed by atoms with Gasteiger partial charge >= 0.3 is 0 Å². The lowest BCUT2D eigenvalue weighted by Gasteiger charge is -2.18. The van der Waals surface area contributed by atoms with Crippen LogP contribution in [-0.2, 0) is 6.61 Å². The van der Waals surface area contributed by atoms with Gasteiger partial charge in [0.05, 0.1) is 11.1 Å². The van der Waals surface area contributed by atoms with Gasteiger partial charge in [0.25, 0.3) is 5.91 Å². The predicted octanol–water partition coefficient (Wildman–Crippen LogP) is 3.89. The Morgan fingerprint density at radius 1 is 1.04 bits per heavy atom. The molecule has 1 N–H and O–H groups in total. The zero-order chi connectivity index (χ0) is 19.8. The van der Waals surface area contributed by atoms with Gasteiger partial charge in [-0.15, -0.1) is 0 Å². The number of para-hydroxylation sites is 1. The number of fused-ring (bicyclic) bond motifs is 1. The monoisotopic (exact) mass is 377 g/mol. The number of nitrogens with zero attached hydrogens (tertiary/aromatic N) is 2. The molecule has 0 radical (unpaired) electrons. The molecule has 0 aliphatic rings. The fourth-order valence-electron chi connectivity index (χ4n) is 3.11. The first kappa shape index (κ1) is 19.8. The molecule has 2 aromatic carbocycles. The van der Waals surface area contributed by atoms with Crippen LogP contribution in [0.1, 0.15) is 29.8 Å². The number of rotatable bonds is 9. The maximum atomic E-state index is 12.8. The zero-order valence-electron chi connectivity index (χ0n) is 16.5. The molecule has 5 nitrogen and oxygen atoms in total. The van der Waals surface area contributed by atoms with E-state index in [4.69, 9.17) is 4.74 Å². The average Bonchev–Trinajstić information content (AvgIpc) is 2.75. The standard InChI is InChI=1S/C23H27N3O2/c1-3-26(4-2)15-14-24-23(27)20-16-22(25-21-13-9-8-12-19(20)21)28-17-18-10-6-5-7-11-18/h5-13,16H,3-4,14-15,17H2,1-2H3,(H,24,27). The average molecular weight is 377 g/mol. The molecule has 3 aromatic rings.